The Labute approximate surface area is 162 Å². The number of likely N-dealkylation sites (tertiary alicyclic amines) is 1. The van der Waals surface area contributed by atoms with Crippen molar-refractivity contribution in [2.75, 3.05) is 34.2 Å². The number of rotatable bonds is 7. The van der Waals surface area contributed by atoms with Gasteiger partial charge in [0.15, 0.2) is 0 Å². The molecule has 1 saturated heterocycles. The third kappa shape index (κ3) is 5.37. The van der Waals surface area contributed by atoms with Crippen molar-refractivity contribution >= 4 is 5.91 Å². The minimum atomic E-state index is 0.206. The monoisotopic (exact) mass is 366 g/mol. The predicted molar refractivity (Wildman–Crippen MR) is 108 cm³/mol. The minimum absolute atomic E-state index is 0.206. The summed E-state index contributed by atoms with van der Waals surface area (Å²) in [5.74, 6) is 0.209. The molecule has 1 aliphatic rings. The first-order chi connectivity index (χ1) is 13.0. The van der Waals surface area contributed by atoms with Gasteiger partial charge in [0.1, 0.15) is 0 Å². The van der Waals surface area contributed by atoms with E-state index in [0.717, 1.165) is 38.0 Å². The highest BCUT2D eigenvalue weighted by Gasteiger charge is 2.30. The van der Waals surface area contributed by atoms with E-state index in [1.165, 1.54) is 11.1 Å². The van der Waals surface area contributed by atoms with Crippen LogP contribution in [0.4, 0.5) is 0 Å². The Balaban J connectivity index is 1.60. The van der Waals surface area contributed by atoms with Crippen molar-refractivity contribution in [3.63, 3.8) is 0 Å². The van der Waals surface area contributed by atoms with E-state index < -0.39 is 0 Å². The lowest BCUT2D eigenvalue weighted by atomic mass is 10.0. The quantitative estimate of drug-likeness (QED) is 0.755. The number of amides is 1. The van der Waals surface area contributed by atoms with Gasteiger partial charge in [-0.05, 0) is 56.7 Å². The van der Waals surface area contributed by atoms with Crippen molar-refractivity contribution in [1.82, 2.24) is 19.7 Å². The molecule has 0 saturated carbocycles. The van der Waals surface area contributed by atoms with E-state index >= 15 is 0 Å². The molecule has 5 heteroatoms. The van der Waals surface area contributed by atoms with Crippen molar-refractivity contribution in [3.8, 4) is 0 Å². The Morgan fingerprint density at radius 2 is 1.89 bits per heavy atom. The van der Waals surface area contributed by atoms with Crippen molar-refractivity contribution in [3.05, 3.63) is 65.5 Å². The summed E-state index contributed by atoms with van der Waals surface area (Å²) in [5, 5.41) is 0. The molecule has 1 amide bonds. The van der Waals surface area contributed by atoms with E-state index in [9.17, 15) is 4.79 Å². The standard InChI is InChI=1S/C22H30N4O/c1-24(2)15-18-8-10-20(11-9-18)21-7-5-13-26(21)22(27)17-25(3)16-19-6-4-12-23-14-19/h4,6,8-12,14,21H,5,7,13,15-17H2,1-3H3/t21-/m1/s1. The minimum Gasteiger partial charge on any atom is -0.335 e. The fourth-order valence-corrected chi connectivity index (χ4v) is 3.80. The van der Waals surface area contributed by atoms with Gasteiger partial charge in [0.25, 0.3) is 0 Å². The molecule has 144 valence electrons. The summed E-state index contributed by atoms with van der Waals surface area (Å²) >= 11 is 0. The molecule has 0 radical (unpaired) electrons. The van der Waals surface area contributed by atoms with Crippen LogP contribution >= 0.6 is 0 Å². The second kappa shape index (κ2) is 9.11. The summed E-state index contributed by atoms with van der Waals surface area (Å²) in [4.78, 5) is 23.3. The number of hydrogen-bond acceptors (Lipinski definition) is 4. The van der Waals surface area contributed by atoms with Crippen LogP contribution in [-0.2, 0) is 17.9 Å². The molecule has 0 N–H and O–H groups in total. The third-order valence-electron chi connectivity index (χ3n) is 5.02. The number of pyridine rings is 1. The Kier molecular flexibility index (Phi) is 6.58. The molecule has 3 rings (SSSR count). The van der Waals surface area contributed by atoms with Crippen molar-refractivity contribution in [2.24, 2.45) is 0 Å². The van der Waals surface area contributed by atoms with Crippen molar-refractivity contribution in [2.45, 2.75) is 32.0 Å². The summed E-state index contributed by atoms with van der Waals surface area (Å²) in [5.41, 5.74) is 3.68. The molecule has 1 aromatic heterocycles. The maximum atomic E-state index is 12.9. The Morgan fingerprint density at radius 1 is 1.11 bits per heavy atom. The fourth-order valence-electron chi connectivity index (χ4n) is 3.80. The number of hydrogen-bond donors (Lipinski definition) is 0. The van der Waals surface area contributed by atoms with Crippen molar-refractivity contribution < 1.29 is 4.79 Å². The zero-order valence-electron chi connectivity index (χ0n) is 16.6. The summed E-state index contributed by atoms with van der Waals surface area (Å²) in [6, 6.07) is 12.9. The number of benzene rings is 1. The highest BCUT2D eigenvalue weighted by atomic mass is 16.2. The van der Waals surface area contributed by atoms with Gasteiger partial charge in [0.05, 0.1) is 12.6 Å². The summed E-state index contributed by atoms with van der Waals surface area (Å²) in [6.45, 7) is 2.96. The zero-order valence-corrected chi connectivity index (χ0v) is 16.6. The van der Waals surface area contributed by atoms with Gasteiger partial charge in [0, 0.05) is 32.0 Å². The lowest BCUT2D eigenvalue weighted by Crippen LogP contribution is -2.38. The lowest BCUT2D eigenvalue weighted by Gasteiger charge is -2.27. The highest BCUT2D eigenvalue weighted by molar-refractivity contribution is 5.79. The van der Waals surface area contributed by atoms with Gasteiger partial charge in [-0.3, -0.25) is 14.7 Å². The summed E-state index contributed by atoms with van der Waals surface area (Å²) in [7, 11) is 6.15. The number of carbonyl (C=O) groups excluding carboxylic acids is 1. The molecule has 0 unspecified atom stereocenters. The maximum Gasteiger partial charge on any atom is 0.237 e. The molecule has 1 fully saturated rings. The first-order valence-corrected chi connectivity index (χ1v) is 9.63. The van der Waals surface area contributed by atoms with Gasteiger partial charge in [-0.2, -0.15) is 0 Å². The number of nitrogens with zero attached hydrogens (tertiary/aromatic N) is 4. The van der Waals surface area contributed by atoms with E-state index in [1.807, 2.05) is 25.4 Å². The molecular weight excluding hydrogens is 336 g/mol. The molecule has 2 aromatic rings. The van der Waals surface area contributed by atoms with Crippen LogP contribution in [0.15, 0.2) is 48.8 Å². The van der Waals surface area contributed by atoms with Crippen molar-refractivity contribution in [1.29, 1.82) is 0 Å². The maximum absolute atomic E-state index is 12.9. The summed E-state index contributed by atoms with van der Waals surface area (Å²) < 4.78 is 0. The van der Waals surface area contributed by atoms with Crippen LogP contribution in [0.1, 0.15) is 35.6 Å². The zero-order chi connectivity index (χ0) is 19.2. The highest BCUT2D eigenvalue weighted by Crippen LogP contribution is 2.32. The van der Waals surface area contributed by atoms with Gasteiger partial charge >= 0.3 is 0 Å². The normalized spacial score (nSPS) is 17.1. The lowest BCUT2D eigenvalue weighted by molar-refractivity contribution is -0.133. The largest absolute Gasteiger partial charge is 0.335 e. The molecule has 2 heterocycles. The van der Waals surface area contributed by atoms with E-state index in [4.69, 9.17) is 0 Å². The molecule has 1 aliphatic heterocycles. The molecule has 27 heavy (non-hydrogen) atoms. The van der Waals surface area contributed by atoms with Crippen LogP contribution in [0.25, 0.3) is 0 Å². The first kappa shape index (κ1) is 19.5. The molecule has 1 atom stereocenters. The fraction of sp³-hybridized carbons (Fsp3) is 0.455. The third-order valence-corrected chi connectivity index (χ3v) is 5.02. The van der Waals surface area contributed by atoms with E-state index in [2.05, 4.69) is 58.0 Å². The molecule has 5 nitrogen and oxygen atoms in total. The van der Waals surface area contributed by atoms with Crippen LogP contribution in [0.5, 0.6) is 0 Å². The predicted octanol–water partition coefficient (Wildman–Crippen LogP) is 2.94. The number of aromatic nitrogens is 1. The van der Waals surface area contributed by atoms with Gasteiger partial charge in [-0.15, -0.1) is 0 Å². The van der Waals surface area contributed by atoms with Gasteiger partial charge in [-0.25, -0.2) is 0 Å². The second-order valence-electron chi connectivity index (χ2n) is 7.76. The Bertz CT molecular complexity index is 730. The first-order valence-electron chi connectivity index (χ1n) is 9.63. The topological polar surface area (TPSA) is 39.7 Å². The van der Waals surface area contributed by atoms with Crippen LogP contribution in [0.2, 0.25) is 0 Å². The SMILES string of the molecule is CN(C)Cc1ccc([C@H]2CCCN2C(=O)CN(C)Cc2cccnc2)cc1. The molecular formula is C22H30N4O. The average Bonchev–Trinajstić information content (AvgIpc) is 3.12. The molecule has 0 aliphatic carbocycles. The van der Waals surface area contributed by atoms with Gasteiger partial charge in [-0.1, -0.05) is 30.3 Å². The number of carbonyl (C=O) groups is 1. The Morgan fingerprint density at radius 3 is 2.56 bits per heavy atom. The van der Waals surface area contributed by atoms with Crippen LogP contribution in [0.3, 0.4) is 0 Å². The van der Waals surface area contributed by atoms with Crippen LogP contribution in [0, 0.1) is 0 Å². The second-order valence-corrected chi connectivity index (χ2v) is 7.76. The van der Waals surface area contributed by atoms with E-state index in [1.54, 1.807) is 6.20 Å². The van der Waals surface area contributed by atoms with Gasteiger partial charge < -0.3 is 9.80 Å². The van der Waals surface area contributed by atoms with E-state index in [0.29, 0.717) is 6.54 Å². The molecule has 0 bridgehead atoms. The van der Waals surface area contributed by atoms with Crippen LogP contribution < -0.4 is 0 Å². The molecule has 1 aromatic carbocycles. The summed E-state index contributed by atoms with van der Waals surface area (Å²) in [6.07, 6.45) is 5.75. The smallest absolute Gasteiger partial charge is 0.237 e. The number of likely N-dealkylation sites (N-methyl/N-ethyl adjacent to an activating group) is 1. The van der Waals surface area contributed by atoms with Gasteiger partial charge in [0.2, 0.25) is 5.91 Å². The molecule has 0 spiro atoms. The van der Waals surface area contributed by atoms with E-state index in [-0.39, 0.29) is 11.9 Å². The van der Waals surface area contributed by atoms with Crippen LogP contribution in [-0.4, -0.2) is 59.8 Å². The average molecular weight is 367 g/mol. The Hall–Kier alpha value is -2.24.